The third kappa shape index (κ3) is 16.8. The number of amides is 3. The van der Waals surface area contributed by atoms with Crippen molar-refractivity contribution < 1.29 is 23.9 Å². The number of hydrogen-bond donors (Lipinski definition) is 5. The molecule has 3 heterocycles. The zero-order valence-corrected chi connectivity index (χ0v) is 35.8. The summed E-state index contributed by atoms with van der Waals surface area (Å²) in [4.78, 5) is 47.0. The fraction of sp³-hybridized carbons (Fsp3) is 0.683. The van der Waals surface area contributed by atoms with Crippen LogP contribution in [0.15, 0.2) is 47.6 Å². The molecule has 5 aliphatic rings. The maximum Gasteiger partial charge on any atom is 0.286 e. The molecule has 5 atom stereocenters. The number of allylic oxidation sites excluding steroid dienone is 2. The molecular weight excluding hydrogens is 738 g/mol. The van der Waals surface area contributed by atoms with Crippen LogP contribution in [0.25, 0.3) is 0 Å². The highest BCUT2D eigenvalue weighted by Crippen LogP contribution is 2.32. The van der Waals surface area contributed by atoms with Gasteiger partial charge < -0.3 is 36.1 Å². The van der Waals surface area contributed by atoms with Gasteiger partial charge in [-0.1, -0.05) is 110 Å². The second-order valence-electron chi connectivity index (χ2n) is 14.8. The predicted molar refractivity (Wildman–Crippen MR) is 226 cm³/mol. The minimum Gasteiger partial charge on any atom is -0.472 e. The van der Waals surface area contributed by atoms with Crippen LogP contribution >= 0.6 is 24.2 Å². The van der Waals surface area contributed by atoms with Crippen molar-refractivity contribution in [2.75, 3.05) is 25.5 Å². The molecule has 6 rings (SSSR count). The van der Waals surface area contributed by atoms with E-state index in [-0.39, 0.29) is 42.4 Å². The van der Waals surface area contributed by atoms with Crippen LogP contribution in [-0.2, 0) is 19.1 Å². The van der Waals surface area contributed by atoms with E-state index in [0.717, 1.165) is 44.0 Å². The van der Waals surface area contributed by atoms with E-state index in [1.165, 1.54) is 25.7 Å². The number of nitrogens with one attached hydrogen (secondary N) is 3. The Balaban J connectivity index is 0.000000594. The van der Waals surface area contributed by atoms with Crippen molar-refractivity contribution in [2.24, 2.45) is 28.0 Å². The van der Waals surface area contributed by atoms with Gasteiger partial charge in [0.2, 0.25) is 24.1 Å². The molecule has 1 aromatic rings. The number of thiol groups is 1. The summed E-state index contributed by atoms with van der Waals surface area (Å²) in [6.45, 7) is 16.1. The van der Waals surface area contributed by atoms with Crippen LogP contribution in [0.3, 0.4) is 0 Å². The molecule has 2 aliphatic heterocycles. The Morgan fingerprint density at radius 2 is 1.75 bits per heavy atom. The monoisotopic (exact) mass is 805 g/mol. The smallest absolute Gasteiger partial charge is 0.286 e. The number of rotatable bonds is 11. The van der Waals surface area contributed by atoms with E-state index in [0.29, 0.717) is 36.4 Å². The fourth-order valence-corrected chi connectivity index (χ4v) is 6.92. The topological polar surface area (TPSA) is 160 Å². The van der Waals surface area contributed by atoms with E-state index in [1.54, 1.807) is 23.2 Å². The number of aliphatic imine (C=N–C) groups is 1. The molecule has 1 saturated heterocycles. The van der Waals surface area contributed by atoms with Crippen LogP contribution < -0.4 is 26.4 Å². The quantitative estimate of drug-likeness (QED) is 0.0739. The van der Waals surface area contributed by atoms with Crippen molar-refractivity contribution >= 4 is 48.5 Å². The van der Waals surface area contributed by atoms with Gasteiger partial charge >= 0.3 is 0 Å². The standard InChI is InChI=1S/C30H40ClN5O4.C6H13NS.2C2H6.CH3NO/c1-30(2,3)26(28(38)36-16-15-21(18-36)39-24-14-13-20(31)17-32-24)35-27(37)25(19-9-5-4-6-10-19)34-29-33-22-11-7-8-12-23(22)40-29;8-5-7-4-3-6-1-2-6;2*1-2;2-1-3/h7-8,11-14,17,19,21-23,25-26H,4-6,9-10,15-16,18H2,1-3H3,(H,33,34)(H,35,37);6-8H,1-5H2;2*1-2H3;1H,(H2,2,3)/t21?,22?,23?,25?,26-;;;;/m1..../s1. The van der Waals surface area contributed by atoms with Crippen LogP contribution in [0.5, 0.6) is 5.88 Å². The van der Waals surface area contributed by atoms with Gasteiger partial charge in [-0.3, -0.25) is 14.4 Å². The highest BCUT2D eigenvalue weighted by molar-refractivity contribution is 7.80. The largest absolute Gasteiger partial charge is 0.472 e. The van der Waals surface area contributed by atoms with Crippen molar-refractivity contribution in [3.63, 3.8) is 0 Å². The summed E-state index contributed by atoms with van der Waals surface area (Å²) in [6, 6.07) is 2.54. The molecule has 55 heavy (non-hydrogen) atoms. The number of pyridine rings is 1. The molecule has 12 nitrogen and oxygen atoms in total. The summed E-state index contributed by atoms with van der Waals surface area (Å²) in [6.07, 6.45) is 19.6. The first-order chi connectivity index (χ1) is 26.5. The highest BCUT2D eigenvalue weighted by atomic mass is 35.5. The Bertz CT molecular complexity index is 1360. The van der Waals surface area contributed by atoms with Gasteiger partial charge in [0.25, 0.3) is 6.02 Å². The number of carbonyl (C=O) groups is 3. The first kappa shape index (κ1) is 47.9. The summed E-state index contributed by atoms with van der Waals surface area (Å²) in [7, 11) is 0. The Morgan fingerprint density at radius 3 is 2.33 bits per heavy atom. The van der Waals surface area contributed by atoms with E-state index >= 15 is 0 Å². The Morgan fingerprint density at radius 1 is 1.07 bits per heavy atom. The third-order valence-corrected chi connectivity index (χ3v) is 10.1. The zero-order chi connectivity index (χ0) is 40.8. The summed E-state index contributed by atoms with van der Waals surface area (Å²) in [5, 5.41) is 10.2. The van der Waals surface area contributed by atoms with Crippen molar-refractivity contribution in [1.82, 2.24) is 25.8 Å². The number of nitrogens with two attached hydrogens (primary N) is 1. The number of aromatic nitrogens is 1. The molecule has 0 spiro atoms. The number of amidine groups is 1. The molecule has 3 fully saturated rings. The lowest BCUT2D eigenvalue weighted by molar-refractivity contribution is -0.139. The number of ether oxygens (including phenoxy) is 2. The predicted octanol–water partition coefficient (Wildman–Crippen LogP) is 6.45. The molecule has 1 aromatic heterocycles. The lowest BCUT2D eigenvalue weighted by Gasteiger charge is -2.36. The number of hydrogen-bond acceptors (Lipinski definition) is 10. The number of halogens is 1. The number of likely N-dealkylation sites (tertiary alicyclic amines) is 1. The molecule has 0 bridgehead atoms. The van der Waals surface area contributed by atoms with E-state index in [4.69, 9.17) is 25.9 Å². The van der Waals surface area contributed by atoms with Gasteiger partial charge in [0.15, 0.2) is 0 Å². The van der Waals surface area contributed by atoms with Crippen LogP contribution in [-0.4, -0.2) is 90.0 Å². The SMILES string of the molecule is CC.CC.CC(C)(C)[C@H](NC(=O)C(NC1=NC2C=CC=CC2O1)C1CCCCC1)C(=O)N1CCC(Oc2ccc(Cl)cn2)C1.NC=O.SCNCCC1CC1. The molecule has 0 aromatic carbocycles. The third-order valence-electron chi connectivity index (χ3n) is 9.64. The van der Waals surface area contributed by atoms with Crippen molar-refractivity contribution in [3.05, 3.63) is 47.7 Å². The van der Waals surface area contributed by atoms with Crippen LogP contribution in [0.4, 0.5) is 0 Å². The second-order valence-corrected chi connectivity index (χ2v) is 15.5. The van der Waals surface area contributed by atoms with Crippen molar-refractivity contribution in [1.29, 1.82) is 0 Å². The molecule has 4 unspecified atom stereocenters. The molecular formula is C41H68ClN7O5S. The average molecular weight is 807 g/mol. The zero-order valence-electron chi connectivity index (χ0n) is 34.1. The molecule has 0 radical (unpaired) electrons. The summed E-state index contributed by atoms with van der Waals surface area (Å²) < 4.78 is 12.0. The Kier molecular flexibility index (Phi) is 22.4. The van der Waals surface area contributed by atoms with Crippen LogP contribution in [0.1, 0.15) is 106 Å². The Hall–Kier alpha value is -3.29. The first-order valence-electron chi connectivity index (χ1n) is 20.2. The van der Waals surface area contributed by atoms with E-state index in [1.807, 2.05) is 72.8 Å². The average Bonchev–Trinajstić information content (AvgIpc) is 3.73. The van der Waals surface area contributed by atoms with E-state index in [9.17, 15) is 9.59 Å². The lowest BCUT2D eigenvalue weighted by atomic mass is 9.82. The van der Waals surface area contributed by atoms with Crippen molar-refractivity contribution in [3.8, 4) is 5.88 Å². The normalized spacial score (nSPS) is 22.1. The molecule has 310 valence electrons. The second kappa shape index (κ2) is 25.8. The minimum atomic E-state index is -0.694. The molecule has 3 aliphatic carbocycles. The van der Waals surface area contributed by atoms with Gasteiger partial charge in [-0.05, 0) is 55.2 Å². The van der Waals surface area contributed by atoms with E-state index in [2.05, 4.69) is 44.3 Å². The molecule has 14 heteroatoms. The maximum absolute atomic E-state index is 13.9. The summed E-state index contributed by atoms with van der Waals surface area (Å²) in [5.41, 5.74) is 3.67. The van der Waals surface area contributed by atoms with Gasteiger partial charge in [-0.25, -0.2) is 9.98 Å². The van der Waals surface area contributed by atoms with Crippen LogP contribution in [0, 0.1) is 17.3 Å². The minimum absolute atomic E-state index is 0.0835. The van der Waals surface area contributed by atoms with Gasteiger partial charge in [0, 0.05) is 31.1 Å². The van der Waals surface area contributed by atoms with Gasteiger partial charge in [0.05, 0.1) is 11.6 Å². The Labute approximate surface area is 340 Å². The summed E-state index contributed by atoms with van der Waals surface area (Å²) >= 11 is 9.96. The number of primary amides is 1. The van der Waals surface area contributed by atoms with E-state index < -0.39 is 17.5 Å². The van der Waals surface area contributed by atoms with Crippen molar-refractivity contribution in [2.45, 2.75) is 137 Å². The van der Waals surface area contributed by atoms with Crippen LogP contribution in [0.2, 0.25) is 5.02 Å². The molecule has 2 saturated carbocycles. The fourth-order valence-electron chi connectivity index (χ4n) is 6.65. The molecule has 5 N–H and O–H groups in total. The molecule has 3 amide bonds. The highest BCUT2D eigenvalue weighted by Gasteiger charge is 2.42. The number of carbonyl (C=O) groups excluding carboxylic acids is 3. The number of nitrogens with zero attached hydrogens (tertiary/aromatic N) is 3. The maximum atomic E-state index is 13.9. The van der Waals surface area contributed by atoms with Gasteiger partial charge in [-0.2, -0.15) is 12.6 Å². The number of fused-ring (bicyclic) bond motifs is 1. The lowest BCUT2D eigenvalue weighted by Crippen LogP contribution is -2.60. The van der Waals surface area contributed by atoms with Gasteiger partial charge in [0.1, 0.15) is 30.3 Å². The summed E-state index contributed by atoms with van der Waals surface area (Å²) in [5.74, 6) is 2.21. The first-order valence-corrected chi connectivity index (χ1v) is 21.2. The van der Waals surface area contributed by atoms with Gasteiger partial charge in [-0.15, -0.1) is 0 Å².